The first-order chi connectivity index (χ1) is 13.9. The standard InChI is InChI=1S/C23H30N6/c1-6-29(7-2)20-14-12-19(13-15-20)26-22-27-21(16-24-28-22)25-18-10-8-17(9-11-18)23(3,4)5/h8-16H,6-7H2,1-5H3,(H2,25,26,27,28). The van der Waals surface area contributed by atoms with Crippen LogP contribution in [-0.4, -0.2) is 28.3 Å². The highest BCUT2D eigenvalue weighted by atomic mass is 15.3. The van der Waals surface area contributed by atoms with Gasteiger partial charge in [-0.25, -0.2) is 0 Å². The van der Waals surface area contributed by atoms with Crippen LogP contribution >= 0.6 is 0 Å². The Bertz CT molecular complexity index is 909. The highest BCUT2D eigenvalue weighted by molar-refractivity contribution is 5.61. The van der Waals surface area contributed by atoms with Gasteiger partial charge in [0.2, 0.25) is 5.95 Å². The molecule has 6 heteroatoms. The Morgan fingerprint density at radius 1 is 0.828 bits per heavy atom. The predicted octanol–water partition coefficient (Wildman–Crippen LogP) is 5.50. The van der Waals surface area contributed by atoms with Crippen LogP contribution in [-0.2, 0) is 5.41 Å². The van der Waals surface area contributed by atoms with Crippen molar-refractivity contribution in [2.45, 2.75) is 40.0 Å². The van der Waals surface area contributed by atoms with E-state index in [0.29, 0.717) is 11.8 Å². The van der Waals surface area contributed by atoms with Crippen LogP contribution in [0.25, 0.3) is 0 Å². The van der Waals surface area contributed by atoms with Crippen molar-refractivity contribution in [3.05, 3.63) is 60.3 Å². The first kappa shape index (κ1) is 20.6. The van der Waals surface area contributed by atoms with Gasteiger partial charge >= 0.3 is 0 Å². The monoisotopic (exact) mass is 390 g/mol. The summed E-state index contributed by atoms with van der Waals surface area (Å²) >= 11 is 0. The summed E-state index contributed by atoms with van der Waals surface area (Å²) in [6.07, 6.45) is 1.62. The molecule has 2 N–H and O–H groups in total. The van der Waals surface area contributed by atoms with E-state index in [2.05, 4.69) is 102 Å². The molecule has 0 spiro atoms. The summed E-state index contributed by atoms with van der Waals surface area (Å²) in [5.41, 5.74) is 4.52. The van der Waals surface area contributed by atoms with Gasteiger partial charge in [0.15, 0.2) is 5.82 Å². The summed E-state index contributed by atoms with van der Waals surface area (Å²) in [7, 11) is 0. The molecule has 0 aliphatic heterocycles. The Kier molecular flexibility index (Phi) is 6.32. The lowest BCUT2D eigenvalue weighted by Crippen LogP contribution is -2.21. The molecular weight excluding hydrogens is 360 g/mol. The average molecular weight is 391 g/mol. The van der Waals surface area contributed by atoms with Crippen LogP contribution < -0.4 is 15.5 Å². The third-order valence-electron chi connectivity index (χ3n) is 4.83. The van der Waals surface area contributed by atoms with Gasteiger partial charge in [-0.2, -0.15) is 10.1 Å². The Morgan fingerprint density at radius 2 is 1.41 bits per heavy atom. The summed E-state index contributed by atoms with van der Waals surface area (Å²) in [5, 5.41) is 14.7. The van der Waals surface area contributed by atoms with E-state index in [0.717, 1.165) is 24.5 Å². The number of benzene rings is 2. The number of hydrogen-bond donors (Lipinski definition) is 2. The fourth-order valence-electron chi connectivity index (χ4n) is 3.09. The lowest BCUT2D eigenvalue weighted by atomic mass is 9.87. The Hall–Kier alpha value is -3.15. The van der Waals surface area contributed by atoms with E-state index in [4.69, 9.17) is 0 Å². The maximum absolute atomic E-state index is 4.52. The fourth-order valence-corrected chi connectivity index (χ4v) is 3.09. The molecule has 2 aromatic carbocycles. The fraction of sp³-hybridized carbons (Fsp3) is 0.348. The molecule has 0 saturated carbocycles. The first-order valence-electron chi connectivity index (χ1n) is 10.1. The Labute approximate surface area is 173 Å². The maximum Gasteiger partial charge on any atom is 0.249 e. The summed E-state index contributed by atoms with van der Waals surface area (Å²) in [6, 6.07) is 16.6. The molecule has 3 rings (SSSR count). The van der Waals surface area contributed by atoms with Gasteiger partial charge in [-0.15, -0.1) is 5.10 Å². The van der Waals surface area contributed by atoms with Gasteiger partial charge in [0.1, 0.15) is 0 Å². The van der Waals surface area contributed by atoms with Gasteiger partial charge < -0.3 is 15.5 Å². The molecule has 1 aromatic heterocycles. The van der Waals surface area contributed by atoms with Crippen molar-refractivity contribution >= 4 is 28.8 Å². The van der Waals surface area contributed by atoms with Gasteiger partial charge in [0, 0.05) is 30.2 Å². The minimum Gasteiger partial charge on any atom is -0.372 e. The van der Waals surface area contributed by atoms with Gasteiger partial charge in [-0.05, 0) is 61.2 Å². The van der Waals surface area contributed by atoms with Crippen molar-refractivity contribution in [2.75, 3.05) is 28.6 Å². The van der Waals surface area contributed by atoms with Crippen molar-refractivity contribution in [3.63, 3.8) is 0 Å². The molecule has 0 saturated heterocycles. The lowest BCUT2D eigenvalue weighted by molar-refractivity contribution is 0.590. The van der Waals surface area contributed by atoms with Crippen molar-refractivity contribution in [1.29, 1.82) is 0 Å². The molecule has 152 valence electrons. The van der Waals surface area contributed by atoms with Crippen LogP contribution in [0.2, 0.25) is 0 Å². The second-order valence-electron chi connectivity index (χ2n) is 7.96. The largest absolute Gasteiger partial charge is 0.372 e. The maximum atomic E-state index is 4.52. The van der Waals surface area contributed by atoms with Gasteiger partial charge in [0.05, 0.1) is 6.20 Å². The normalized spacial score (nSPS) is 11.2. The highest BCUT2D eigenvalue weighted by Gasteiger charge is 2.13. The summed E-state index contributed by atoms with van der Waals surface area (Å²) in [5.74, 6) is 1.10. The number of aromatic nitrogens is 3. The van der Waals surface area contributed by atoms with Crippen molar-refractivity contribution in [2.24, 2.45) is 0 Å². The zero-order chi connectivity index (χ0) is 20.9. The topological polar surface area (TPSA) is 66.0 Å². The van der Waals surface area contributed by atoms with E-state index in [1.165, 1.54) is 11.3 Å². The van der Waals surface area contributed by atoms with Gasteiger partial charge in [0.25, 0.3) is 0 Å². The van der Waals surface area contributed by atoms with Crippen LogP contribution in [0, 0.1) is 0 Å². The van der Waals surface area contributed by atoms with E-state index in [9.17, 15) is 0 Å². The average Bonchev–Trinajstić information content (AvgIpc) is 2.70. The van der Waals surface area contributed by atoms with Crippen molar-refractivity contribution < 1.29 is 0 Å². The lowest BCUT2D eigenvalue weighted by Gasteiger charge is -2.21. The zero-order valence-electron chi connectivity index (χ0n) is 17.9. The number of hydrogen-bond acceptors (Lipinski definition) is 6. The van der Waals surface area contributed by atoms with Gasteiger partial charge in [-0.1, -0.05) is 32.9 Å². The second kappa shape index (κ2) is 8.90. The molecule has 0 amide bonds. The summed E-state index contributed by atoms with van der Waals surface area (Å²) in [6.45, 7) is 12.9. The molecule has 0 unspecified atom stereocenters. The smallest absolute Gasteiger partial charge is 0.249 e. The number of nitrogens with one attached hydrogen (secondary N) is 2. The van der Waals surface area contributed by atoms with Crippen molar-refractivity contribution in [1.82, 2.24) is 15.2 Å². The van der Waals surface area contributed by atoms with E-state index in [1.54, 1.807) is 6.20 Å². The van der Waals surface area contributed by atoms with E-state index >= 15 is 0 Å². The van der Waals surface area contributed by atoms with Crippen molar-refractivity contribution in [3.8, 4) is 0 Å². The SMILES string of the molecule is CCN(CC)c1ccc(Nc2nncc(Nc3ccc(C(C)(C)C)cc3)n2)cc1. The number of rotatable bonds is 7. The molecule has 29 heavy (non-hydrogen) atoms. The predicted molar refractivity (Wildman–Crippen MR) is 122 cm³/mol. The van der Waals surface area contributed by atoms with E-state index < -0.39 is 0 Å². The van der Waals surface area contributed by atoms with E-state index in [1.807, 2.05) is 12.1 Å². The van der Waals surface area contributed by atoms with Crippen LogP contribution in [0.3, 0.4) is 0 Å². The molecule has 0 aliphatic carbocycles. The Balaban J connectivity index is 1.68. The van der Waals surface area contributed by atoms with Crippen LogP contribution in [0.1, 0.15) is 40.2 Å². The molecule has 3 aromatic rings. The van der Waals surface area contributed by atoms with Crippen LogP contribution in [0.15, 0.2) is 54.7 Å². The van der Waals surface area contributed by atoms with E-state index in [-0.39, 0.29) is 5.41 Å². The third-order valence-corrected chi connectivity index (χ3v) is 4.83. The molecule has 0 bridgehead atoms. The number of nitrogens with zero attached hydrogens (tertiary/aromatic N) is 4. The molecule has 1 heterocycles. The Morgan fingerprint density at radius 3 is 2.00 bits per heavy atom. The highest BCUT2D eigenvalue weighted by Crippen LogP contribution is 2.25. The molecule has 6 nitrogen and oxygen atoms in total. The first-order valence-corrected chi connectivity index (χ1v) is 10.1. The minimum absolute atomic E-state index is 0.132. The molecular formula is C23H30N6. The van der Waals surface area contributed by atoms with Gasteiger partial charge in [-0.3, -0.25) is 0 Å². The quantitative estimate of drug-likeness (QED) is 0.555. The number of anilines is 5. The summed E-state index contributed by atoms with van der Waals surface area (Å²) < 4.78 is 0. The summed E-state index contributed by atoms with van der Waals surface area (Å²) in [4.78, 5) is 6.82. The van der Waals surface area contributed by atoms with Crippen LogP contribution in [0.5, 0.6) is 0 Å². The molecule has 0 aliphatic rings. The minimum atomic E-state index is 0.132. The second-order valence-corrected chi connectivity index (χ2v) is 7.96. The molecule has 0 fully saturated rings. The zero-order valence-corrected chi connectivity index (χ0v) is 17.9. The molecule has 0 radical (unpaired) electrons. The molecule has 0 atom stereocenters. The van der Waals surface area contributed by atoms with Crippen LogP contribution in [0.4, 0.5) is 28.8 Å². The third kappa shape index (κ3) is 5.44.